The number of carbonyl (C=O) groups is 3. The first-order valence-corrected chi connectivity index (χ1v) is 8.16. The van der Waals surface area contributed by atoms with Crippen LogP contribution < -0.4 is 0 Å². The highest BCUT2D eigenvalue weighted by Gasteiger charge is 2.41. The number of hydrogen-bond acceptors (Lipinski definition) is 4. The van der Waals surface area contributed by atoms with Gasteiger partial charge in [0.05, 0.1) is 11.1 Å². The molecule has 25 heavy (non-hydrogen) atoms. The van der Waals surface area contributed by atoms with Crippen LogP contribution in [-0.2, 0) is 16.1 Å². The summed E-state index contributed by atoms with van der Waals surface area (Å²) in [5.74, 6) is -1.59. The molecule has 0 bridgehead atoms. The monoisotopic (exact) mass is 357 g/mol. The van der Waals surface area contributed by atoms with Crippen LogP contribution in [0.25, 0.3) is 0 Å². The van der Waals surface area contributed by atoms with Crippen molar-refractivity contribution in [1.82, 2.24) is 4.90 Å². The van der Waals surface area contributed by atoms with Gasteiger partial charge in [0.1, 0.15) is 12.6 Å². The maximum Gasteiger partial charge on any atom is 0.329 e. The molecular formula is C19H16ClNO4. The Morgan fingerprint density at radius 1 is 1.08 bits per heavy atom. The predicted molar refractivity (Wildman–Crippen MR) is 92.4 cm³/mol. The number of halogens is 1. The summed E-state index contributed by atoms with van der Waals surface area (Å²) in [6.07, 6.45) is 0. The van der Waals surface area contributed by atoms with E-state index in [4.69, 9.17) is 16.3 Å². The normalized spacial score (nSPS) is 14.4. The van der Waals surface area contributed by atoms with E-state index in [-0.39, 0.29) is 6.61 Å². The molecule has 0 aliphatic carbocycles. The standard InChI is InChI=1S/C19H16ClNO4/c1-11-3-8-15-16(9-11)18(23)21(17(15)22)12(2)19(24)25-10-13-4-6-14(20)7-5-13/h3-9,12H,10H2,1-2H3. The van der Waals surface area contributed by atoms with Crippen LogP contribution in [-0.4, -0.2) is 28.7 Å². The summed E-state index contributed by atoms with van der Waals surface area (Å²) < 4.78 is 5.23. The minimum Gasteiger partial charge on any atom is -0.459 e. The minimum absolute atomic E-state index is 0.0443. The molecule has 2 aromatic carbocycles. The molecule has 1 aliphatic rings. The number of ether oxygens (including phenoxy) is 1. The maximum atomic E-state index is 12.5. The number of aryl methyl sites for hydroxylation is 1. The lowest BCUT2D eigenvalue weighted by molar-refractivity contribution is -0.149. The van der Waals surface area contributed by atoms with Crippen LogP contribution in [0.1, 0.15) is 38.8 Å². The second-order valence-electron chi connectivity index (χ2n) is 5.94. The molecule has 2 aromatic rings. The van der Waals surface area contributed by atoms with Gasteiger partial charge in [-0.05, 0) is 43.7 Å². The Kier molecular flexibility index (Phi) is 4.59. The van der Waals surface area contributed by atoms with E-state index in [9.17, 15) is 14.4 Å². The summed E-state index contributed by atoms with van der Waals surface area (Å²) in [7, 11) is 0. The molecule has 0 aromatic heterocycles. The van der Waals surface area contributed by atoms with Crippen molar-refractivity contribution in [2.45, 2.75) is 26.5 Å². The zero-order valence-electron chi connectivity index (χ0n) is 13.8. The Balaban J connectivity index is 1.71. The zero-order chi connectivity index (χ0) is 18.1. The lowest BCUT2D eigenvalue weighted by atomic mass is 10.1. The Bertz CT molecular complexity index is 860. The predicted octanol–water partition coefficient (Wildman–Crippen LogP) is 3.38. The van der Waals surface area contributed by atoms with E-state index in [1.54, 1.807) is 42.5 Å². The lowest BCUT2D eigenvalue weighted by Crippen LogP contribution is -2.43. The number of benzene rings is 2. The molecule has 0 saturated carbocycles. The first kappa shape index (κ1) is 17.2. The van der Waals surface area contributed by atoms with Gasteiger partial charge < -0.3 is 4.74 Å². The van der Waals surface area contributed by atoms with Gasteiger partial charge in [0.25, 0.3) is 11.8 Å². The van der Waals surface area contributed by atoms with Crippen molar-refractivity contribution in [2.24, 2.45) is 0 Å². The fourth-order valence-corrected chi connectivity index (χ4v) is 2.81. The molecule has 1 heterocycles. The van der Waals surface area contributed by atoms with Crippen LogP contribution in [0.3, 0.4) is 0 Å². The van der Waals surface area contributed by atoms with Gasteiger partial charge in [0.15, 0.2) is 0 Å². The van der Waals surface area contributed by atoms with Crippen molar-refractivity contribution in [3.8, 4) is 0 Å². The van der Waals surface area contributed by atoms with Gasteiger partial charge in [0, 0.05) is 5.02 Å². The average Bonchev–Trinajstić information content (AvgIpc) is 2.84. The van der Waals surface area contributed by atoms with Gasteiger partial charge in [-0.25, -0.2) is 4.79 Å². The Labute approximate surface area is 150 Å². The smallest absolute Gasteiger partial charge is 0.329 e. The van der Waals surface area contributed by atoms with E-state index in [0.717, 1.165) is 16.0 Å². The van der Waals surface area contributed by atoms with Crippen molar-refractivity contribution in [1.29, 1.82) is 0 Å². The van der Waals surface area contributed by atoms with E-state index in [2.05, 4.69) is 0 Å². The quantitative estimate of drug-likeness (QED) is 0.621. The molecule has 0 N–H and O–H groups in total. The second-order valence-corrected chi connectivity index (χ2v) is 6.38. The number of rotatable bonds is 4. The average molecular weight is 358 g/mol. The molecule has 0 spiro atoms. The highest BCUT2D eigenvalue weighted by molar-refractivity contribution is 6.30. The lowest BCUT2D eigenvalue weighted by Gasteiger charge is -2.20. The maximum absolute atomic E-state index is 12.5. The van der Waals surface area contributed by atoms with Crippen molar-refractivity contribution in [3.63, 3.8) is 0 Å². The molecule has 0 saturated heterocycles. The number of carbonyl (C=O) groups excluding carboxylic acids is 3. The first-order valence-electron chi connectivity index (χ1n) is 7.78. The molecule has 5 nitrogen and oxygen atoms in total. The van der Waals surface area contributed by atoms with Gasteiger partial charge in [-0.15, -0.1) is 0 Å². The molecule has 1 aliphatic heterocycles. The van der Waals surface area contributed by atoms with E-state index < -0.39 is 23.8 Å². The summed E-state index contributed by atoms with van der Waals surface area (Å²) in [6, 6.07) is 10.9. The summed E-state index contributed by atoms with van der Waals surface area (Å²) in [4.78, 5) is 38.2. The Hall–Kier alpha value is -2.66. The SMILES string of the molecule is Cc1ccc2c(c1)C(=O)N(C(C)C(=O)OCc1ccc(Cl)cc1)C2=O. The van der Waals surface area contributed by atoms with Gasteiger partial charge in [0.2, 0.25) is 0 Å². The van der Waals surface area contributed by atoms with Gasteiger partial charge in [-0.3, -0.25) is 14.5 Å². The number of amides is 2. The largest absolute Gasteiger partial charge is 0.459 e. The third-order valence-electron chi connectivity index (χ3n) is 4.10. The van der Waals surface area contributed by atoms with Crippen LogP contribution in [0.5, 0.6) is 0 Å². The number of imide groups is 1. The Morgan fingerprint density at radius 3 is 2.40 bits per heavy atom. The zero-order valence-corrected chi connectivity index (χ0v) is 14.5. The number of fused-ring (bicyclic) bond motifs is 1. The Morgan fingerprint density at radius 2 is 1.72 bits per heavy atom. The second kappa shape index (κ2) is 6.69. The number of hydrogen-bond donors (Lipinski definition) is 0. The molecule has 128 valence electrons. The molecule has 6 heteroatoms. The first-order chi connectivity index (χ1) is 11.9. The molecule has 0 radical (unpaired) electrons. The van der Waals surface area contributed by atoms with E-state index in [1.807, 2.05) is 6.92 Å². The number of esters is 1. The molecule has 0 fully saturated rings. The third-order valence-corrected chi connectivity index (χ3v) is 4.35. The van der Waals surface area contributed by atoms with E-state index >= 15 is 0 Å². The van der Waals surface area contributed by atoms with Gasteiger partial charge >= 0.3 is 5.97 Å². The number of nitrogens with zero attached hydrogens (tertiary/aromatic N) is 1. The third kappa shape index (κ3) is 3.28. The molecular weight excluding hydrogens is 342 g/mol. The van der Waals surface area contributed by atoms with Crippen LogP contribution in [0.4, 0.5) is 0 Å². The fraction of sp³-hybridized carbons (Fsp3) is 0.211. The van der Waals surface area contributed by atoms with Crippen molar-refractivity contribution in [3.05, 3.63) is 69.7 Å². The minimum atomic E-state index is -1.000. The molecule has 2 amide bonds. The van der Waals surface area contributed by atoms with Gasteiger partial charge in [-0.2, -0.15) is 0 Å². The van der Waals surface area contributed by atoms with Crippen LogP contribution in [0.2, 0.25) is 5.02 Å². The molecule has 1 unspecified atom stereocenters. The molecule has 3 rings (SSSR count). The topological polar surface area (TPSA) is 63.7 Å². The highest BCUT2D eigenvalue weighted by Crippen LogP contribution is 2.26. The highest BCUT2D eigenvalue weighted by atomic mass is 35.5. The van der Waals surface area contributed by atoms with Crippen LogP contribution >= 0.6 is 11.6 Å². The van der Waals surface area contributed by atoms with E-state index in [0.29, 0.717) is 16.1 Å². The van der Waals surface area contributed by atoms with Crippen molar-refractivity contribution < 1.29 is 19.1 Å². The van der Waals surface area contributed by atoms with E-state index in [1.165, 1.54) is 6.92 Å². The van der Waals surface area contributed by atoms with Crippen molar-refractivity contribution >= 4 is 29.4 Å². The summed E-state index contributed by atoms with van der Waals surface area (Å²) >= 11 is 5.81. The van der Waals surface area contributed by atoms with Crippen LogP contribution in [0, 0.1) is 6.92 Å². The van der Waals surface area contributed by atoms with Gasteiger partial charge in [-0.1, -0.05) is 35.4 Å². The summed E-state index contributed by atoms with van der Waals surface area (Å²) in [6.45, 7) is 3.37. The van der Waals surface area contributed by atoms with Crippen molar-refractivity contribution in [2.75, 3.05) is 0 Å². The summed E-state index contributed by atoms with van der Waals surface area (Å²) in [5.41, 5.74) is 2.28. The molecule has 1 atom stereocenters. The summed E-state index contributed by atoms with van der Waals surface area (Å²) in [5, 5.41) is 0.588. The van der Waals surface area contributed by atoms with Crippen LogP contribution in [0.15, 0.2) is 42.5 Å². The fourth-order valence-electron chi connectivity index (χ4n) is 2.69.